The molecular weight excluding hydrogens is 392 g/mol. The lowest BCUT2D eigenvalue weighted by atomic mass is 9.87. The maximum Gasteiger partial charge on any atom is 0.257 e. The molecule has 1 aromatic heterocycles. The number of nitrogens with one attached hydrogen (secondary N) is 1. The molecule has 3 aromatic rings. The second kappa shape index (κ2) is 8.60. The number of ether oxygens (including phenoxy) is 1. The quantitative estimate of drug-likeness (QED) is 0.538. The maximum atomic E-state index is 12.6. The summed E-state index contributed by atoms with van der Waals surface area (Å²) >= 11 is 1.61. The van der Waals surface area contributed by atoms with Crippen LogP contribution in [-0.4, -0.2) is 10.9 Å². The number of rotatable bonds is 5. The first-order valence-corrected chi connectivity index (χ1v) is 11.3. The van der Waals surface area contributed by atoms with E-state index in [9.17, 15) is 4.79 Å². The molecule has 1 amide bonds. The average molecular weight is 421 g/mol. The zero-order chi connectivity index (χ0) is 21.1. The average Bonchev–Trinajstić information content (AvgIpc) is 3.14. The highest BCUT2D eigenvalue weighted by Gasteiger charge is 2.17. The highest BCUT2D eigenvalue weighted by Crippen LogP contribution is 2.30. The van der Waals surface area contributed by atoms with Crippen LogP contribution in [0.4, 0.5) is 5.13 Å². The van der Waals surface area contributed by atoms with Crippen LogP contribution in [0.1, 0.15) is 65.7 Å². The predicted octanol–water partition coefficient (Wildman–Crippen LogP) is 6.15. The van der Waals surface area contributed by atoms with Gasteiger partial charge >= 0.3 is 0 Å². The predicted molar refractivity (Wildman–Crippen MR) is 123 cm³/mol. The fourth-order valence-corrected chi connectivity index (χ4v) is 4.59. The maximum absolute atomic E-state index is 12.6. The molecular formula is C25H28N2O2S. The second-order valence-corrected chi connectivity index (χ2v) is 9.89. The van der Waals surface area contributed by atoms with E-state index in [1.807, 2.05) is 36.4 Å². The number of carbonyl (C=O) groups excluding carboxylic acids is 1. The summed E-state index contributed by atoms with van der Waals surface area (Å²) in [5, 5.41) is 3.65. The molecule has 1 aliphatic carbocycles. The van der Waals surface area contributed by atoms with Crippen LogP contribution < -0.4 is 10.1 Å². The first kappa shape index (κ1) is 20.6. The van der Waals surface area contributed by atoms with Gasteiger partial charge in [-0.25, -0.2) is 4.98 Å². The topological polar surface area (TPSA) is 51.2 Å². The molecule has 0 unspecified atom stereocenters. The van der Waals surface area contributed by atoms with Gasteiger partial charge in [0.1, 0.15) is 12.4 Å². The molecule has 30 heavy (non-hydrogen) atoms. The van der Waals surface area contributed by atoms with Gasteiger partial charge in [0.25, 0.3) is 5.91 Å². The van der Waals surface area contributed by atoms with Gasteiger partial charge in [-0.05, 0) is 66.5 Å². The van der Waals surface area contributed by atoms with E-state index in [1.165, 1.54) is 23.3 Å². The van der Waals surface area contributed by atoms with Gasteiger partial charge < -0.3 is 4.74 Å². The monoisotopic (exact) mass is 420 g/mol. The van der Waals surface area contributed by atoms with Gasteiger partial charge in [-0.1, -0.05) is 45.0 Å². The molecule has 0 saturated carbocycles. The SMILES string of the molecule is CC(C)(C)c1ccc(OCc2ccc(C(=O)Nc3nc4c(s3)CCCC4)cc2)cc1. The van der Waals surface area contributed by atoms with Crippen LogP contribution in [0, 0.1) is 0 Å². The summed E-state index contributed by atoms with van der Waals surface area (Å²) in [6.07, 6.45) is 4.51. The number of hydrogen-bond donors (Lipinski definition) is 1. The molecule has 0 fully saturated rings. The zero-order valence-corrected chi connectivity index (χ0v) is 18.6. The van der Waals surface area contributed by atoms with E-state index in [4.69, 9.17) is 4.74 Å². The van der Waals surface area contributed by atoms with Crippen LogP contribution in [0.5, 0.6) is 5.75 Å². The molecule has 0 bridgehead atoms. The number of thiazole rings is 1. The molecule has 4 nitrogen and oxygen atoms in total. The van der Waals surface area contributed by atoms with E-state index in [2.05, 4.69) is 43.2 Å². The van der Waals surface area contributed by atoms with Crippen molar-refractivity contribution < 1.29 is 9.53 Å². The van der Waals surface area contributed by atoms with Crippen molar-refractivity contribution in [3.8, 4) is 5.75 Å². The number of carbonyl (C=O) groups is 1. The van der Waals surface area contributed by atoms with Crippen molar-refractivity contribution in [2.75, 3.05) is 5.32 Å². The molecule has 5 heteroatoms. The Morgan fingerprint density at radius 1 is 1.03 bits per heavy atom. The minimum Gasteiger partial charge on any atom is -0.489 e. The summed E-state index contributed by atoms with van der Waals surface area (Å²) in [4.78, 5) is 18.5. The smallest absolute Gasteiger partial charge is 0.257 e. The van der Waals surface area contributed by atoms with Gasteiger partial charge in [0.15, 0.2) is 5.13 Å². The van der Waals surface area contributed by atoms with E-state index in [1.54, 1.807) is 11.3 Å². The summed E-state index contributed by atoms with van der Waals surface area (Å²) in [6.45, 7) is 7.06. The number of aryl methyl sites for hydroxylation is 2. The fraction of sp³-hybridized carbons (Fsp3) is 0.360. The van der Waals surface area contributed by atoms with E-state index in [-0.39, 0.29) is 11.3 Å². The summed E-state index contributed by atoms with van der Waals surface area (Å²) in [5.74, 6) is 0.726. The van der Waals surface area contributed by atoms with Crippen LogP contribution in [0.2, 0.25) is 0 Å². The Kier molecular flexibility index (Phi) is 5.91. The van der Waals surface area contributed by atoms with Crippen LogP contribution in [0.25, 0.3) is 0 Å². The Balaban J connectivity index is 1.33. The summed E-state index contributed by atoms with van der Waals surface area (Å²) in [7, 11) is 0. The number of nitrogens with zero attached hydrogens (tertiary/aromatic N) is 1. The number of fused-ring (bicyclic) bond motifs is 1. The number of anilines is 1. The van der Waals surface area contributed by atoms with Gasteiger partial charge in [-0.3, -0.25) is 10.1 Å². The molecule has 2 aromatic carbocycles. The first-order chi connectivity index (χ1) is 14.4. The van der Waals surface area contributed by atoms with Gasteiger partial charge in [0.05, 0.1) is 5.69 Å². The molecule has 0 radical (unpaired) electrons. The third kappa shape index (κ3) is 4.90. The van der Waals surface area contributed by atoms with E-state index < -0.39 is 0 Å². The number of hydrogen-bond acceptors (Lipinski definition) is 4. The zero-order valence-electron chi connectivity index (χ0n) is 17.8. The number of amides is 1. The Morgan fingerprint density at radius 3 is 2.40 bits per heavy atom. The first-order valence-electron chi connectivity index (χ1n) is 10.5. The number of aromatic nitrogens is 1. The van der Waals surface area contributed by atoms with Crippen LogP contribution in [-0.2, 0) is 24.9 Å². The van der Waals surface area contributed by atoms with Crippen molar-refractivity contribution >= 4 is 22.4 Å². The molecule has 1 aliphatic rings. The molecule has 1 heterocycles. The van der Waals surface area contributed by atoms with E-state index in [0.717, 1.165) is 29.8 Å². The van der Waals surface area contributed by atoms with Crippen molar-refractivity contribution in [1.29, 1.82) is 0 Å². The molecule has 4 rings (SSSR count). The van der Waals surface area contributed by atoms with Gasteiger partial charge in [0, 0.05) is 10.4 Å². The van der Waals surface area contributed by atoms with Gasteiger partial charge in [0.2, 0.25) is 0 Å². The van der Waals surface area contributed by atoms with E-state index >= 15 is 0 Å². The lowest BCUT2D eigenvalue weighted by molar-refractivity contribution is 0.102. The third-order valence-electron chi connectivity index (χ3n) is 5.41. The summed E-state index contributed by atoms with van der Waals surface area (Å²) < 4.78 is 5.89. The second-order valence-electron chi connectivity index (χ2n) is 8.81. The van der Waals surface area contributed by atoms with Crippen LogP contribution in [0.3, 0.4) is 0 Å². The van der Waals surface area contributed by atoms with Crippen molar-refractivity contribution in [3.63, 3.8) is 0 Å². The minimum absolute atomic E-state index is 0.119. The van der Waals surface area contributed by atoms with Crippen LogP contribution >= 0.6 is 11.3 Å². The minimum atomic E-state index is -0.119. The van der Waals surface area contributed by atoms with Crippen molar-refractivity contribution in [2.45, 2.75) is 58.5 Å². The highest BCUT2D eigenvalue weighted by atomic mass is 32.1. The Bertz CT molecular complexity index is 991. The molecule has 156 valence electrons. The van der Waals surface area contributed by atoms with Gasteiger partial charge in [-0.15, -0.1) is 11.3 Å². The van der Waals surface area contributed by atoms with Crippen LogP contribution in [0.15, 0.2) is 48.5 Å². The Labute approximate surface area is 182 Å². The summed E-state index contributed by atoms with van der Waals surface area (Å²) in [6, 6.07) is 15.8. The fourth-order valence-electron chi connectivity index (χ4n) is 3.54. The molecule has 0 aliphatic heterocycles. The lowest BCUT2D eigenvalue weighted by Crippen LogP contribution is -2.12. The third-order valence-corrected chi connectivity index (χ3v) is 6.48. The number of benzene rings is 2. The molecule has 0 saturated heterocycles. The van der Waals surface area contributed by atoms with Crippen molar-refractivity contribution in [2.24, 2.45) is 0 Å². The molecule has 1 N–H and O–H groups in total. The Morgan fingerprint density at radius 2 is 1.73 bits per heavy atom. The van der Waals surface area contributed by atoms with Gasteiger partial charge in [-0.2, -0.15) is 0 Å². The standard InChI is InChI=1S/C25H28N2O2S/c1-25(2,3)19-12-14-20(15-13-19)29-16-17-8-10-18(11-9-17)23(28)27-24-26-21-6-4-5-7-22(21)30-24/h8-15H,4-7,16H2,1-3H3,(H,26,27,28). The van der Waals surface area contributed by atoms with E-state index in [0.29, 0.717) is 17.3 Å². The largest absolute Gasteiger partial charge is 0.489 e. The van der Waals surface area contributed by atoms with Crippen molar-refractivity contribution in [3.05, 3.63) is 75.8 Å². The molecule has 0 atom stereocenters. The summed E-state index contributed by atoms with van der Waals surface area (Å²) in [5.41, 5.74) is 4.22. The Hall–Kier alpha value is -2.66. The molecule has 0 spiro atoms. The lowest BCUT2D eigenvalue weighted by Gasteiger charge is -2.19. The highest BCUT2D eigenvalue weighted by molar-refractivity contribution is 7.15. The normalized spacial score (nSPS) is 13.6. The van der Waals surface area contributed by atoms with Crippen molar-refractivity contribution in [1.82, 2.24) is 4.98 Å².